The van der Waals surface area contributed by atoms with Crippen molar-refractivity contribution in [3.63, 3.8) is 0 Å². The highest BCUT2D eigenvalue weighted by atomic mass is 35.5. The fourth-order valence-electron chi connectivity index (χ4n) is 3.80. The Kier molecular flexibility index (Phi) is 7.60. The van der Waals surface area contributed by atoms with Crippen molar-refractivity contribution < 1.29 is 18.7 Å². The first-order valence-corrected chi connectivity index (χ1v) is 12.1. The quantitative estimate of drug-likeness (QED) is 0.177. The molecule has 5 aromatic rings. The fourth-order valence-corrected chi connectivity index (χ4v) is 4.02. The second kappa shape index (κ2) is 11.4. The Labute approximate surface area is 217 Å². The van der Waals surface area contributed by atoms with Gasteiger partial charge in [-0.05, 0) is 73.6 Å². The largest absolute Gasteiger partial charge is 0.460 e. The Hall–Kier alpha value is -3.98. The lowest BCUT2D eigenvalue weighted by atomic mass is 10.1. The van der Waals surface area contributed by atoms with Gasteiger partial charge in [0, 0.05) is 23.2 Å². The predicted molar refractivity (Wildman–Crippen MR) is 142 cm³/mol. The van der Waals surface area contributed by atoms with Gasteiger partial charge in [-0.2, -0.15) is 0 Å². The number of para-hydroxylation sites is 1. The molecular formula is C28H24ClFN4O3. The number of furan rings is 1. The van der Waals surface area contributed by atoms with Crippen LogP contribution in [0.5, 0.6) is 11.5 Å². The van der Waals surface area contributed by atoms with Gasteiger partial charge in [0.25, 0.3) is 0 Å². The molecule has 188 valence electrons. The highest BCUT2D eigenvalue weighted by Crippen LogP contribution is 2.35. The van der Waals surface area contributed by atoms with E-state index >= 15 is 0 Å². The topological polar surface area (TPSA) is 92.4 Å². The first kappa shape index (κ1) is 24.7. The first-order chi connectivity index (χ1) is 18.1. The molecule has 37 heavy (non-hydrogen) atoms. The minimum absolute atomic E-state index is 0.0986. The van der Waals surface area contributed by atoms with Crippen LogP contribution in [0.25, 0.3) is 22.2 Å². The molecule has 0 fully saturated rings. The van der Waals surface area contributed by atoms with E-state index in [9.17, 15) is 4.39 Å². The summed E-state index contributed by atoms with van der Waals surface area (Å²) >= 11 is 6.43. The third-order valence-corrected chi connectivity index (χ3v) is 5.94. The van der Waals surface area contributed by atoms with Crippen molar-refractivity contribution in [1.82, 2.24) is 15.3 Å². The Bertz CT molecular complexity index is 1520. The molecule has 0 spiro atoms. The number of hydrogen-bond acceptors (Lipinski definition) is 7. The summed E-state index contributed by atoms with van der Waals surface area (Å²) in [5, 5.41) is 16.6. The van der Waals surface area contributed by atoms with E-state index in [1.165, 1.54) is 18.5 Å². The Morgan fingerprint density at radius 2 is 1.86 bits per heavy atom. The van der Waals surface area contributed by atoms with Crippen molar-refractivity contribution in [2.45, 2.75) is 13.0 Å². The lowest BCUT2D eigenvalue weighted by Gasteiger charge is -2.12. The number of ether oxygens (including phenoxy) is 1. The average Bonchev–Trinajstić information content (AvgIpc) is 3.38. The maximum atomic E-state index is 13.9. The number of rotatable bonds is 10. The van der Waals surface area contributed by atoms with Crippen molar-refractivity contribution in [3.05, 3.63) is 95.7 Å². The molecule has 3 aromatic carbocycles. The Morgan fingerprint density at radius 1 is 0.973 bits per heavy atom. The first-order valence-electron chi connectivity index (χ1n) is 11.7. The Balaban J connectivity index is 1.36. The summed E-state index contributed by atoms with van der Waals surface area (Å²) < 4.78 is 25.6. The second-order valence-electron chi connectivity index (χ2n) is 8.28. The molecule has 0 radical (unpaired) electrons. The van der Waals surface area contributed by atoms with Gasteiger partial charge >= 0.3 is 0 Å². The monoisotopic (exact) mass is 518 g/mol. The van der Waals surface area contributed by atoms with E-state index in [4.69, 9.17) is 25.9 Å². The van der Waals surface area contributed by atoms with Gasteiger partial charge < -0.3 is 24.9 Å². The molecule has 0 aliphatic carbocycles. The average molecular weight is 519 g/mol. The number of nitrogens with zero attached hydrogens (tertiary/aromatic N) is 2. The SMILES string of the molecule is OCCCNCc1ccc(-c2ccc3ncnc(Nc4ccc(Oc5ccccc5F)c(Cl)c4)c3c2)o1. The number of anilines is 2. The fraction of sp³-hybridized carbons (Fsp3) is 0.143. The van der Waals surface area contributed by atoms with E-state index in [0.717, 1.165) is 34.5 Å². The highest BCUT2D eigenvalue weighted by Gasteiger charge is 2.12. The molecule has 0 saturated heterocycles. The number of nitrogens with one attached hydrogen (secondary N) is 2. The number of aromatic nitrogens is 2. The molecule has 2 heterocycles. The third-order valence-electron chi connectivity index (χ3n) is 5.64. The normalized spacial score (nSPS) is 11.1. The van der Waals surface area contributed by atoms with Crippen molar-refractivity contribution in [3.8, 4) is 22.8 Å². The molecule has 7 nitrogen and oxygen atoms in total. The Morgan fingerprint density at radius 3 is 2.70 bits per heavy atom. The highest BCUT2D eigenvalue weighted by molar-refractivity contribution is 6.32. The summed E-state index contributed by atoms with van der Waals surface area (Å²) in [6.07, 6.45) is 2.19. The molecule has 0 aliphatic heterocycles. The van der Waals surface area contributed by atoms with Crippen LogP contribution in [0.2, 0.25) is 5.02 Å². The molecule has 0 saturated carbocycles. The van der Waals surface area contributed by atoms with Crippen LogP contribution in [0.1, 0.15) is 12.2 Å². The standard InChI is InChI=1S/C28H24ClFN4O3/c29-22-15-19(7-10-26(22)37-27-5-2-1-4-23(27)30)34-28-21-14-18(6-9-24(21)32-17-33-28)25-11-8-20(36-25)16-31-12-3-13-35/h1-2,4-11,14-15,17,31,35H,3,12-13,16H2,(H,32,33,34). The molecule has 3 N–H and O–H groups in total. The minimum Gasteiger partial charge on any atom is -0.460 e. The zero-order valence-electron chi connectivity index (χ0n) is 19.7. The van der Waals surface area contributed by atoms with Crippen molar-refractivity contribution in [1.29, 1.82) is 0 Å². The zero-order valence-corrected chi connectivity index (χ0v) is 20.5. The summed E-state index contributed by atoms with van der Waals surface area (Å²) in [4.78, 5) is 8.80. The van der Waals surface area contributed by atoms with Crippen LogP contribution in [0, 0.1) is 5.82 Å². The zero-order chi connectivity index (χ0) is 25.6. The molecule has 0 amide bonds. The van der Waals surface area contributed by atoms with E-state index in [1.807, 2.05) is 30.3 Å². The lowest BCUT2D eigenvalue weighted by molar-refractivity contribution is 0.285. The van der Waals surface area contributed by atoms with Crippen LogP contribution in [-0.4, -0.2) is 28.2 Å². The summed E-state index contributed by atoms with van der Waals surface area (Å²) in [5.41, 5.74) is 2.34. The predicted octanol–water partition coefficient (Wildman–Crippen LogP) is 6.69. The summed E-state index contributed by atoms with van der Waals surface area (Å²) in [5.74, 6) is 2.11. The number of benzene rings is 3. The summed E-state index contributed by atoms with van der Waals surface area (Å²) in [6.45, 7) is 1.46. The van der Waals surface area contributed by atoms with Crippen LogP contribution in [0.3, 0.4) is 0 Å². The van der Waals surface area contributed by atoms with Gasteiger partial charge in [0.2, 0.25) is 0 Å². The summed E-state index contributed by atoms with van der Waals surface area (Å²) in [7, 11) is 0. The van der Waals surface area contributed by atoms with E-state index < -0.39 is 5.82 Å². The van der Waals surface area contributed by atoms with E-state index in [0.29, 0.717) is 35.2 Å². The number of aliphatic hydroxyl groups excluding tert-OH is 1. The molecule has 5 rings (SSSR count). The lowest BCUT2D eigenvalue weighted by Crippen LogP contribution is -2.15. The molecule has 0 bridgehead atoms. The van der Waals surface area contributed by atoms with Gasteiger partial charge in [0.15, 0.2) is 11.6 Å². The van der Waals surface area contributed by atoms with Gasteiger partial charge in [-0.15, -0.1) is 0 Å². The van der Waals surface area contributed by atoms with Crippen molar-refractivity contribution in [2.75, 3.05) is 18.5 Å². The van der Waals surface area contributed by atoms with E-state index in [1.54, 1.807) is 30.3 Å². The number of hydrogen-bond donors (Lipinski definition) is 3. The van der Waals surface area contributed by atoms with Crippen LogP contribution in [0.15, 0.2) is 83.5 Å². The van der Waals surface area contributed by atoms with Crippen molar-refractivity contribution >= 4 is 34.0 Å². The maximum absolute atomic E-state index is 13.9. The molecule has 0 unspecified atom stereocenters. The van der Waals surface area contributed by atoms with Crippen LogP contribution >= 0.6 is 11.6 Å². The molecular weight excluding hydrogens is 495 g/mol. The number of halogens is 2. The van der Waals surface area contributed by atoms with Gasteiger partial charge in [-0.1, -0.05) is 23.7 Å². The van der Waals surface area contributed by atoms with Crippen LogP contribution in [0.4, 0.5) is 15.9 Å². The molecule has 2 aromatic heterocycles. The number of fused-ring (bicyclic) bond motifs is 1. The van der Waals surface area contributed by atoms with Gasteiger partial charge in [0.05, 0.1) is 17.1 Å². The third kappa shape index (κ3) is 5.89. The van der Waals surface area contributed by atoms with Crippen LogP contribution in [-0.2, 0) is 6.54 Å². The molecule has 9 heteroatoms. The summed E-state index contributed by atoms with van der Waals surface area (Å²) in [6, 6.07) is 21.0. The van der Waals surface area contributed by atoms with E-state index in [-0.39, 0.29) is 12.4 Å². The van der Waals surface area contributed by atoms with E-state index in [2.05, 4.69) is 20.6 Å². The number of aliphatic hydroxyl groups is 1. The van der Waals surface area contributed by atoms with Crippen LogP contribution < -0.4 is 15.4 Å². The molecule has 0 atom stereocenters. The van der Waals surface area contributed by atoms with Gasteiger partial charge in [-0.25, -0.2) is 14.4 Å². The van der Waals surface area contributed by atoms with Gasteiger partial charge in [0.1, 0.15) is 29.4 Å². The molecule has 0 aliphatic rings. The minimum atomic E-state index is -0.467. The second-order valence-corrected chi connectivity index (χ2v) is 8.68. The van der Waals surface area contributed by atoms with Gasteiger partial charge in [-0.3, -0.25) is 0 Å². The van der Waals surface area contributed by atoms with Crippen molar-refractivity contribution in [2.24, 2.45) is 0 Å². The smallest absolute Gasteiger partial charge is 0.165 e. The maximum Gasteiger partial charge on any atom is 0.165 e.